The van der Waals surface area contributed by atoms with Crippen LogP contribution in [0.4, 0.5) is 0 Å². The van der Waals surface area contributed by atoms with Crippen LogP contribution in [0.15, 0.2) is 30.5 Å². The van der Waals surface area contributed by atoms with Crippen molar-refractivity contribution >= 4 is 22.8 Å². The summed E-state index contributed by atoms with van der Waals surface area (Å²) < 4.78 is 0. The zero-order valence-electron chi connectivity index (χ0n) is 10.6. The van der Waals surface area contributed by atoms with Gasteiger partial charge in [0.15, 0.2) is 0 Å². The Labute approximate surface area is 110 Å². The number of aliphatic carboxylic acids is 1. The van der Waals surface area contributed by atoms with Gasteiger partial charge < -0.3 is 15.4 Å². The molecule has 3 N–H and O–H groups in total. The van der Waals surface area contributed by atoms with Crippen LogP contribution in [0, 0.1) is 0 Å². The van der Waals surface area contributed by atoms with Crippen LogP contribution in [-0.2, 0) is 4.79 Å². The Morgan fingerprint density at radius 3 is 2.84 bits per heavy atom. The lowest BCUT2D eigenvalue weighted by Gasteiger charge is -2.13. The molecule has 0 unspecified atom stereocenters. The summed E-state index contributed by atoms with van der Waals surface area (Å²) in [6.45, 7) is 1.88. The third-order valence-corrected chi connectivity index (χ3v) is 3.01. The number of para-hydroxylation sites is 1. The average molecular weight is 260 g/mol. The van der Waals surface area contributed by atoms with Crippen molar-refractivity contribution in [1.82, 2.24) is 10.3 Å². The van der Waals surface area contributed by atoms with Crippen molar-refractivity contribution in [2.75, 3.05) is 0 Å². The van der Waals surface area contributed by atoms with Gasteiger partial charge in [0.2, 0.25) is 0 Å². The van der Waals surface area contributed by atoms with E-state index in [4.69, 9.17) is 5.11 Å². The average Bonchev–Trinajstić information content (AvgIpc) is 2.85. The van der Waals surface area contributed by atoms with Crippen LogP contribution in [0.5, 0.6) is 0 Å². The summed E-state index contributed by atoms with van der Waals surface area (Å²) in [5.74, 6) is -1.37. The van der Waals surface area contributed by atoms with Crippen LogP contribution in [0.2, 0.25) is 0 Å². The second-order valence-corrected chi connectivity index (χ2v) is 4.40. The van der Waals surface area contributed by atoms with E-state index >= 15 is 0 Å². The van der Waals surface area contributed by atoms with Gasteiger partial charge in [0.05, 0.1) is 11.1 Å². The van der Waals surface area contributed by atoms with Gasteiger partial charge in [-0.2, -0.15) is 0 Å². The Morgan fingerprint density at radius 1 is 1.37 bits per heavy atom. The minimum atomic E-state index is -1.01. The van der Waals surface area contributed by atoms with Gasteiger partial charge in [-0.3, -0.25) is 4.79 Å². The zero-order chi connectivity index (χ0) is 13.8. The summed E-state index contributed by atoms with van der Waals surface area (Å²) >= 11 is 0. The van der Waals surface area contributed by atoms with Crippen molar-refractivity contribution in [2.45, 2.75) is 25.8 Å². The fraction of sp³-hybridized carbons (Fsp3) is 0.286. The van der Waals surface area contributed by atoms with Gasteiger partial charge in [0, 0.05) is 11.6 Å². The molecule has 0 aliphatic carbocycles. The maximum atomic E-state index is 12.2. The highest BCUT2D eigenvalue weighted by atomic mass is 16.4. The van der Waals surface area contributed by atoms with Gasteiger partial charge in [-0.1, -0.05) is 25.5 Å². The van der Waals surface area contributed by atoms with E-state index in [0.717, 1.165) is 10.9 Å². The maximum Gasteiger partial charge on any atom is 0.326 e. The van der Waals surface area contributed by atoms with Gasteiger partial charge >= 0.3 is 5.97 Å². The molecule has 0 aliphatic heterocycles. The molecule has 100 valence electrons. The van der Waals surface area contributed by atoms with E-state index in [9.17, 15) is 9.59 Å². The molecule has 1 amide bonds. The van der Waals surface area contributed by atoms with Crippen LogP contribution in [0.1, 0.15) is 30.1 Å². The highest BCUT2D eigenvalue weighted by molar-refractivity contribution is 6.06. The number of hydrogen-bond donors (Lipinski definition) is 3. The number of carbonyl (C=O) groups is 2. The molecule has 2 aromatic rings. The number of carboxylic acids is 1. The molecule has 1 aromatic carbocycles. The number of rotatable bonds is 5. The number of aromatic nitrogens is 1. The van der Waals surface area contributed by atoms with Crippen molar-refractivity contribution in [2.24, 2.45) is 0 Å². The maximum absolute atomic E-state index is 12.2. The largest absolute Gasteiger partial charge is 0.480 e. The fourth-order valence-corrected chi connectivity index (χ4v) is 2.06. The smallest absolute Gasteiger partial charge is 0.326 e. The van der Waals surface area contributed by atoms with E-state index in [0.29, 0.717) is 18.4 Å². The van der Waals surface area contributed by atoms with Crippen LogP contribution in [0.3, 0.4) is 0 Å². The summed E-state index contributed by atoms with van der Waals surface area (Å²) in [7, 11) is 0. The lowest BCUT2D eigenvalue weighted by molar-refractivity contribution is -0.139. The van der Waals surface area contributed by atoms with Crippen LogP contribution < -0.4 is 5.32 Å². The van der Waals surface area contributed by atoms with Gasteiger partial charge in [0.25, 0.3) is 5.91 Å². The molecule has 1 atom stereocenters. The predicted molar refractivity (Wildman–Crippen MR) is 72.1 cm³/mol. The monoisotopic (exact) mass is 260 g/mol. The molecule has 1 aromatic heterocycles. The molecule has 0 fully saturated rings. The molecular weight excluding hydrogens is 244 g/mol. The molecule has 0 radical (unpaired) electrons. The first-order chi connectivity index (χ1) is 9.13. The van der Waals surface area contributed by atoms with E-state index < -0.39 is 12.0 Å². The molecule has 0 bridgehead atoms. The Kier molecular flexibility index (Phi) is 3.85. The molecule has 5 heteroatoms. The summed E-state index contributed by atoms with van der Waals surface area (Å²) in [6.07, 6.45) is 2.87. The Balaban J connectivity index is 2.24. The summed E-state index contributed by atoms with van der Waals surface area (Å²) in [4.78, 5) is 26.2. The molecule has 0 aliphatic rings. The number of amides is 1. The first-order valence-corrected chi connectivity index (χ1v) is 6.23. The minimum Gasteiger partial charge on any atom is -0.480 e. The van der Waals surface area contributed by atoms with E-state index in [1.54, 1.807) is 18.3 Å². The van der Waals surface area contributed by atoms with Crippen molar-refractivity contribution in [3.8, 4) is 0 Å². The SMILES string of the molecule is CCC[C@H](NC(=O)c1cccc2cc[nH]c12)C(=O)O. The molecule has 19 heavy (non-hydrogen) atoms. The van der Waals surface area contributed by atoms with E-state index in [-0.39, 0.29) is 5.91 Å². The van der Waals surface area contributed by atoms with Crippen LogP contribution in [0.25, 0.3) is 10.9 Å². The van der Waals surface area contributed by atoms with Crippen LogP contribution >= 0.6 is 0 Å². The topological polar surface area (TPSA) is 82.2 Å². The number of fused-ring (bicyclic) bond motifs is 1. The van der Waals surface area contributed by atoms with Crippen molar-refractivity contribution in [3.05, 3.63) is 36.0 Å². The van der Waals surface area contributed by atoms with E-state index in [2.05, 4.69) is 10.3 Å². The molecule has 5 nitrogen and oxygen atoms in total. The van der Waals surface area contributed by atoms with Crippen molar-refractivity contribution in [3.63, 3.8) is 0 Å². The number of benzene rings is 1. The Morgan fingerprint density at radius 2 is 2.16 bits per heavy atom. The number of hydrogen-bond acceptors (Lipinski definition) is 2. The normalized spacial score (nSPS) is 12.3. The lowest BCUT2D eigenvalue weighted by Crippen LogP contribution is -2.40. The van der Waals surface area contributed by atoms with Gasteiger partial charge in [-0.15, -0.1) is 0 Å². The van der Waals surface area contributed by atoms with Crippen LogP contribution in [-0.4, -0.2) is 28.0 Å². The summed E-state index contributed by atoms with van der Waals surface area (Å²) in [6, 6.07) is 6.37. The molecule has 0 spiro atoms. The third kappa shape index (κ3) is 2.76. The highest BCUT2D eigenvalue weighted by Gasteiger charge is 2.20. The minimum absolute atomic E-state index is 0.367. The fourth-order valence-electron chi connectivity index (χ4n) is 2.06. The lowest BCUT2D eigenvalue weighted by atomic mass is 10.1. The zero-order valence-corrected chi connectivity index (χ0v) is 10.6. The number of carbonyl (C=O) groups excluding carboxylic acids is 1. The molecular formula is C14H16N2O3. The second-order valence-electron chi connectivity index (χ2n) is 4.40. The number of H-pyrrole nitrogens is 1. The van der Waals surface area contributed by atoms with Crippen molar-refractivity contribution < 1.29 is 14.7 Å². The molecule has 0 saturated heterocycles. The standard InChI is InChI=1S/C14H16N2O3/c1-2-4-11(14(18)19)16-13(17)10-6-3-5-9-7-8-15-12(9)10/h3,5-8,11,15H,2,4H2,1H3,(H,16,17)(H,18,19)/t11-/m0/s1. The highest BCUT2D eigenvalue weighted by Crippen LogP contribution is 2.17. The molecule has 0 saturated carbocycles. The number of nitrogens with one attached hydrogen (secondary N) is 2. The predicted octanol–water partition coefficient (Wildman–Crippen LogP) is 2.15. The third-order valence-electron chi connectivity index (χ3n) is 3.01. The molecule has 2 rings (SSSR count). The van der Waals surface area contributed by atoms with Gasteiger partial charge in [-0.05, 0) is 18.6 Å². The summed E-state index contributed by atoms with van der Waals surface area (Å²) in [5, 5.41) is 12.5. The second kappa shape index (κ2) is 5.56. The first-order valence-electron chi connectivity index (χ1n) is 6.23. The number of aromatic amines is 1. The summed E-state index contributed by atoms with van der Waals surface area (Å²) in [5.41, 5.74) is 1.19. The number of carboxylic acid groups (broad SMARTS) is 1. The van der Waals surface area contributed by atoms with Gasteiger partial charge in [-0.25, -0.2) is 4.79 Å². The molecule has 1 heterocycles. The quantitative estimate of drug-likeness (QED) is 0.770. The Hall–Kier alpha value is -2.30. The first kappa shape index (κ1) is 13.1. The van der Waals surface area contributed by atoms with Crippen molar-refractivity contribution in [1.29, 1.82) is 0 Å². The van der Waals surface area contributed by atoms with Gasteiger partial charge in [0.1, 0.15) is 6.04 Å². The van der Waals surface area contributed by atoms with E-state index in [1.165, 1.54) is 0 Å². The van der Waals surface area contributed by atoms with E-state index in [1.807, 2.05) is 19.1 Å². The Bertz CT molecular complexity index is 604.